The fraction of sp³-hybridized carbons (Fsp3) is 0.235. The van der Waals surface area contributed by atoms with E-state index in [0.29, 0.717) is 35.3 Å². The van der Waals surface area contributed by atoms with Gasteiger partial charge in [0, 0.05) is 17.5 Å². The van der Waals surface area contributed by atoms with Crippen LogP contribution in [0.4, 0.5) is 0 Å². The SMILES string of the molecule is CC(C(=O)c1cc2c(cc1Cl)OCCO2)c1ccccc1. The zero-order valence-electron chi connectivity index (χ0n) is 11.6. The van der Waals surface area contributed by atoms with E-state index >= 15 is 0 Å². The first-order chi connectivity index (χ1) is 10.2. The van der Waals surface area contributed by atoms with Crippen LogP contribution in [0, 0.1) is 0 Å². The molecule has 3 nitrogen and oxygen atoms in total. The summed E-state index contributed by atoms with van der Waals surface area (Å²) in [6.07, 6.45) is 0. The van der Waals surface area contributed by atoms with Crippen LogP contribution in [0.15, 0.2) is 42.5 Å². The monoisotopic (exact) mass is 302 g/mol. The van der Waals surface area contributed by atoms with Crippen LogP contribution in [-0.4, -0.2) is 19.0 Å². The molecule has 1 aliphatic rings. The maximum Gasteiger partial charge on any atom is 0.171 e. The number of carbonyl (C=O) groups excluding carboxylic acids is 1. The summed E-state index contributed by atoms with van der Waals surface area (Å²) in [6, 6.07) is 13.0. The molecule has 1 atom stereocenters. The number of benzene rings is 2. The van der Waals surface area contributed by atoms with Gasteiger partial charge in [0.2, 0.25) is 0 Å². The number of fused-ring (bicyclic) bond motifs is 1. The molecule has 0 N–H and O–H groups in total. The summed E-state index contributed by atoms with van der Waals surface area (Å²) in [5, 5.41) is 0.395. The van der Waals surface area contributed by atoms with Gasteiger partial charge in [-0.3, -0.25) is 4.79 Å². The molecule has 0 saturated heterocycles. The maximum absolute atomic E-state index is 12.7. The molecule has 0 saturated carbocycles. The Balaban J connectivity index is 1.94. The predicted molar refractivity (Wildman–Crippen MR) is 81.6 cm³/mol. The first-order valence-corrected chi connectivity index (χ1v) is 7.23. The molecule has 0 aromatic heterocycles. The number of ether oxygens (including phenoxy) is 2. The Morgan fingerprint density at radius 1 is 1.10 bits per heavy atom. The van der Waals surface area contributed by atoms with E-state index in [-0.39, 0.29) is 11.7 Å². The topological polar surface area (TPSA) is 35.5 Å². The molecule has 3 rings (SSSR count). The lowest BCUT2D eigenvalue weighted by Crippen LogP contribution is -2.17. The fourth-order valence-electron chi connectivity index (χ4n) is 2.38. The summed E-state index contributed by atoms with van der Waals surface area (Å²) >= 11 is 6.23. The summed E-state index contributed by atoms with van der Waals surface area (Å²) in [5.41, 5.74) is 1.44. The van der Waals surface area contributed by atoms with E-state index in [1.165, 1.54) is 0 Å². The van der Waals surface area contributed by atoms with Crippen LogP contribution >= 0.6 is 11.6 Å². The zero-order chi connectivity index (χ0) is 14.8. The molecule has 0 bridgehead atoms. The molecule has 0 radical (unpaired) electrons. The Kier molecular flexibility index (Phi) is 3.84. The molecule has 2 aromatic rings. The molecule has 21 heavy (non-hydrogen) atoms. The Bertz CT molecular complexity index is 667. The first kappa shape index (κ1) is 14.0. The summed E-state index contributed by atoms with van der Waals surface area (Å²) in [4.78, 5) is 12.7. The van der Waals surface area contributed by atoms with Gasteiger partial charge in [0.1, 0.15) is 13.2 Å². The molecule has 2 aromatic carbocycles. The van der Waals surface area contributed by atoms with E-state index in [0.717, 1.165) is 5.56 Å². The first-order valence-electron chi connectivity index (χ1n) is 6.85. The van der Waals surface area contributed by atoms with Gasteiger partial charge in [-0.2, -0.15) is 0 Å². The summed E-state index contributed by atoms with van der Waals surface area (Å²) < 4.78 is 11.0. The van der Waals surface area contributed by atoms with Crippen molar-refractivity contribution in [3.8, 4) is 11.5 Å². The van der Waals surface area contributed by atoms with Crippen molar-refractivity contribution >= 4 is 17.4 Å². The van der Waals surface area contributed by atoms with Crippen LogP contribution in [0.25, 0.3) is 0 Å². The second-order valence-electron chi connectivity index (χ2n) is 4.97. The second kappa shape index (κ2) is 5.78. The number of carbonyl (C=O) groups is 1. The number of hydrogen-bond donors (Lipinski definition) is 0. The number of Topliss-reactive ketones (excluding diaryl/α,β-unsaturated/α-hetero) is 1. The van der Waals surface area contributed by atoms with Crippen molar-refractivity contribution in [1.29, 1.82) is 0 Å². The van der Waals surface area contributed by atoms with E-state index in [1.54, 1.807) is 12.1 Å². The van der Waals surface area contributed by atoms with Crippen LogP contribution in [-0.2, 0) is 0 Å². The summed E-state index contributed by atoms with van der Waals surface area (Å²) in [6.45, 7) is 2.86. The number of halogens is 1. The second-order valence-corrected chi connectivity index (χ2v) is 5.38. The highest BCUT2D eigenvalue weighted by molar-refractivity contribution is 6.34. The van der Waals surface area contributed by atoms with Crippen molar-refractivity contribution in [1.82, 2.24) is 0 Å². The number of hydrogen-bond acceptors (Lipinski definition) is 3. The Hall–Kier alpha value is -2.00. The minimum atomic E-state index is -0.258. The molecule has 0 aliphatic carbocycles. The Morgan fingerprint density at radius 3 is 2.38 bits per heavy atom. The van der Waals surface area contributed by atoms with Gasteiger partial charge in [-0.1, -0.05) is 48.9 Å². The standard InChI is InChI=1S/C17H15ClO3/c1-11(12-5-3-2-4-6-12)17(19)13-9-15-16(10-14(13)18)21-8-7-20-15/h2-6,9-11H,7-8H2,1H3. The number of ketones is 1. The van der Waals surface area contributed by atoms with Crippen molar-refractivity contribution in [2.75, 3.05) is 13.2 Å². The highest BCUT2D eigenvalue weighted by Crippen LogP contribution is 2.37. The van der Waals surface area contributed by atoms with Crippen molar-refractivity contribution in [3.05, 3.63) is 58.6 Å². The lowest BCUT2D eigenvalue weighted by molar-refractivity contribution is 0.0965. The van der Waals surface area contributed by atoms with Gasteiger partial charge in [0.05, 0.1) is 5.02 Å². The van der Waals surface area contributed by atoms with Crippen molar-refractivity contribution in [2.45, 2.75) is 12.8 Å². The third-order valence-corrected chi connectivity index (χ3v) is 3.90. The van der Waals surface area contributed by atoms with Gasteiger partial charge in [0.25, 0.3) is 0 Å². The van der Waals surface area contributed by atoms with Crippen LogP contribution in [0.5, 0.6) is 11.5 Å². The fourth-order valence-corrected chi connectivity index (χ4v) is 2.63. The zero-order valence-corrected chi connectivity index (χ0v) is 12.4. The summed E-state index contributed by atoms with van der Waals surface area (Å²) in [5.74, 6) is 0.888. The third kappa shape index (κ3) is 2.74. The summed E-state index contributed by atoms with van der Waals surface area (Å²) in [7, 11) is 0. The van der Waals surface area contributed by atoms with Gasteiger partial charge in [-0.15, -0.1) is 0 Å². The van der Waals surface area contributed by atoms with Crippen molar-refractivity contribution < 1.29 is 14.3 Å². The van der Waals surface area contributed by atoms with E-state index in [1.807, 2.05) is 37.3 Å². The molecule has 1 aliphatic heterocycles. The van der Waals surface area contributed by atoms with Crippen molar-refractivity contribution in [2.24, 2.45) is 0 Å². The van der Waals surface area contributed by atoms with Crippen LogP contribution in [0.3, 0.4) is 0 Å². The molecule has 108 valence electrons. The van der Waals surface area contributed by atoms with Gasteiger partial charge in [-0.05, 0) is 11.6 Å². The minimum absolute atomic E-state index is 0.0248. The van der Waals surface area contributed by atoms with Crippen molar-refractivity contribution in [3.63, 3.8) is 0 Å². The molecular formula is C17H15ClO3. The highest BCUT2D eigenvalue weighted by atomic mass is 35.5. The van der Waals surface area contributed by atoms with Crippen LogP contribution in [0.2, 0.25) is 5.02 Å². The lowest BCUT2D eigenvalue weighted by atomic mass is 9.92. The lowest BCUT2D eigenvalue weighted by Gasteiger charge is -2.20. The minimum Gasteiger partial charge on any atom is -0.486 e. The Labute approximate surface area is 128 Å². The highest BCUT2D eigenvalue weighted by Gasteiger charge is 2.23. The van der Waals surface area contributed by atoms with E-state index < -0.39 is 0 Å². The van der Waals surface area contributed by atoms with Gasteiger partial charge in [-0.25, -0.2) is 0 Å². The quantitative estimate of drug-likeness (QED) is 0.801. The Morgan fingerprint density at radius 2 is 1.71 bits per heavy atom. The molecular weight excluding hydrogens is 288 g/mol. The average Bonchev–Trinajstić information content (AvgIpc) is 2.53. The normalized spacial score (nSPS) is 14.6. The average molecular weight is 303 g/mol. The number of rotatable bonds is 3. The van der Waals surface area contributed by atoms with Crippen LogP contribution in [0.1, 0.15) is 28.8 Å². The van der Waals surface area contributed by atoms with E-state index in [9.17, 15) is 4.79 Å². The van der Waals surface area contributed by atoms with E-state index in [4.69, 9.17) is 21.1 Å². The largest absolute Gasteiger partial charge is 0.486 e. The smallest absolute Gasteiger partial charge is 0.171 e. The molecule has 1 heterocycles. The van der Waals surface area contributed by atoms with Gasteiger partial charge < -0.3 is 9.47 Å². The maximum atomic E-state index is 12.7. The molecule has 0 amide bonds. The van der Waals surface area contributed by atoms with Gasteiger partial charge >= 0.3 is 0 Å². The molecule has 0 fully saturated rings. The third-order valence-electron chi connectivity index (χ3n) is 3.59. The molecule has 4 heteroatoms. The van der Waals surface area contributed by atoms with Gasteiger partial charge in [0.15, 0.2) is 17.3 Å². The van der Waals surface area contributed by atoms with E-state index in [2.05, 4.69) is 0 Å². The molecule has 1 unspecified atom stereocenters. The molecule has 0 spiro atoms. The van der Waals surface area contributed by atoms with Crippen LogP contribution < -0.4 is 9.47 Å². The predicted octanol–water partition coefficient (Wildman–Crippen LogP) is 4.10.